The first-order chi connectivity index (χ1) is 12.0. The van der Waals surface area contributed by atoms with E-state index >= 15 is 0 Å². The molecule has 0 bridgehead atoms. The van der Waals surface area contributed by atoms with Crippen LogP contribution < -0.4 is 14.8 Å². The number of sulfonamides is 1. The number of nitrogens with one attached hydrogen (secondary N) is 2. The molecule has 1 amide bonds. The molecule has 2 aromatic rings. The molecule has 0 fully saturated rings. The van der Waals surface area contributed by atoms with E-state index in [4.69, 9.17) is 4.74 Å². The second-order valence-corrected chi connectivity index (χ2v) is 9.15. The minimum absolute atomic E-state index is 0.00799. The third kappa shape index (κ3) is 4.73. The third-order valence-corrected chi connectivity index (χ3v) is 5.80. The second kappa shape index (κ2) is 7.34. The van der Waals surface area contributed by atoms with Crippen molar-refractivity contribution < 1.29 is 26.4 Å². The summed E-state index contributed by atoms with van der Waals surface area (Å²) in [5.74, 6) is -0.0788. The second-order valence-electron chi connectivity index (χ2n) is 5.45. The van der Waals surface area contributed by atoms with Gasteiger partial charge in [-0.05, 0) is 36.4 Å². The molecule has 2 aromatic carbocycles. The Bertz CT molecular complexity index is 1050. The number of ether oxygens (including phenoxy) is 1. The molecular formula is C16H18N2O6S2. The van der Waals surface area contributed by atoms with Gasteiger partial charge in [0, 0.05) is 13.2 Å². The molecule has 8 nitrogen and oxygen atoms in total. The van der Waals surface area contributed by atoms with Crippen LogP contribution in [0.3, 0.4) is 0 Å². The van der Waals surface area contributed by atoms with Crippen LogP contribution in [0.1, 0.15) is 6.92 Å². The van der Waals surface area contributed by atoms with Crippen LogP contribution in [0.4, 0.5) is 11.4 Å². The molecule has 0 radical (unpaired) electrons. The van der Waals surface area contributed by atoms with E-state index in [1.165, 1.54) is 56.5 Å². The average molecular weight is 398 g/mol. The van der Waals surface area contributed by atoms with E-state index in [2.05, 4.69) is 10.0 Å². The fourth-order valence-corrected chi connectivity index (χ4v) is 3.89. The molecule has 0 saturated heterocycles. The Morgan fingerprint density at radius 1 is 1.00 bits per heavy atom. The highest BCUT2D eigenvalue weighted by Crippen LogP contribution is 2.28. The molecule has 10 heteroatoms. The minimum Gasteiger partial charge on any atom is -0.495 e. The number of benzene rings is 2. The average Bonchev–Trinajstić information content (AvgIpc) is 2.53. The van der Waals surface area contributed by atoms with Crippen molar-refractivity contribution in [3.05, 3.63) is 42.5 Å². The number of methoxy groups -OCH3 is 1. The number of sulfone groups is 1. The molecule has 0 aliphatic rings. The van der Waals surface area contributed by atoms with E-state index in [-0.39, 0.29) is 27.1 Å². The maximum Gasteiger partial charge on any atom is 0.261 e. The van der Waals surface area contributed by atoms with Crippen molar-refractivity contribution in [1.29, 1.82) is 0 Å². The smallest absolute Gasteiger partial charge is 0.261 e. The molecule has 0 heterocycles. The first kappa shape index (κ1) is 19.7. The normalized spacial score (nSPS) is 11.7. The highest BCUT2D eigenvalue weighted by molar-refractivity contribution is 7.92. The monoisotopic (exact) mass is 398 g/mol. The molecule has 0 aliphatic carbocycles. The van der Waals surface area contributed by atoms with Gasteiger partial charge in [-0.2, -0.15) is 0 Å². The minimum atomic E-state index is -4.01. The molecule has 0 aromatic heterocycles. The first-order valence-electron chi connectivity index (χ1n) is 7.31. The summed E-state index contributed by atoms with van der Waals surface area (Å²) in [7, 11) is -6.09. The van der Waals surface area contributed by atoms with Crippen LogP contribution in [0.5, 0.6) is 5.75 Å². The van der Waals surface area contributed by atoms with Gasteiger partial charge in [-0.1, -0.05) is 6.07 Å². The topological polar surface area (TPSA) is 119 Å². The molecule has 0 spiro atoms. The summed E-state index contributed by atoms with van der Waals surface area (Å²) in [5, 5.41) is 2.49. The molecule has 26 heavy (non-hydrogen) atoms. The van der Waals surface area contributed by atoms with Crippen molar-refractivity contribution in [2.24, 2.45) is 0 Å². The van der Waals surface area contributed by atoms with Gasteiger partial charge in [-0.3, -0.25) is 9.52 Å². The largest absolute Gasteiger partial charge is 0.495 e. The Balaban J connectivity index is 2.40. The highest BCUT2D eigenvalue weighted by Gasteiger charge is 2.18. The van der Waals surface area contributed by atoms with E-state index in [1.807, 2.05) is 0 Å². The van der Waals surface area contributed by atoms with Gasteiger partial charge in [-0.15, -0.1) is 0 Å². The quantitative estimate of drug-likeness (QED) is 0.767. The van der Waals surface area contributed by atoms with Gasteiger partial charge in [0.05, 0.1) is 28.3 Å². The number of amides is 1. The van der Waals surface area contributed by atoms with Gasteiger partial charge in [0.2, 0.25) is 5.91 Å². The summed E-state index contributed by atoms with van der Waals surface area (Å²) in [4.78, 5) is 11.1. The Morgan fingerprint density at radius 2 is 1.69 bits per heavy atom. The number of anilines is 2. The molecule has 2 rings (SSSR count). The van der Waals surface area contributed by atoms with Crippen LogP contribution in [0.15, 0.2) is 52.3 Å². The fraction of sp³-hybridized carbons (Fsp3) is 0.188. The van der Waals surface area contributed by atoms with E-state index in [0.29, 0.717) is 5.75 Å². The highest BCUT2D eigenvalue weighted by atomic mass is 32.2. The van der Waals surface area contributed by atoms with Crippen molar-refractivity contribution in [2.75, 3.05) is 23.4 Å². The van der Waals surface area contributed by atoms with Crippen molar-refractivity contribution in [3.8, 4) is 5.75 Å². The predicted octanol–water partition coefficient (Wildman–Crippen LogP) is 1.86. The Hall–Kier alpha value is -2.59. The number of rotatable bonds is 6. The van der Waals surface area contributed by atoms with E-state index in [0.717, 1.165) is 6.26 Å². The lowest BCUT2D eigenvalue weighted by Crippen LogP contribution is -2.14. The van der Waals surface area contributed by atoms with Crippen LogP contribution in [0.25, 0.3) is 0 Å². The van der Waals surface area contributed by atoms with Crippen LogP contribution in [-0.4, -0.2) is 36.1 Å². The molecular weight excluding hydrogens is 380 g/mol. The molecule has 0 atom stereocenters. The van der Waals surface area contributed by atoms with Crippen molar-refractivity contribution in [2.45, 2.75) is 16.7 Å². The van der Waals surface area contributed by atoms with E-state index < -0.39 is 19.9 Å². The van der Waals surface area contributed by atoms with Gasteiger partial charge in [0.1, 0.15) is 5.75 Å². The molecule has 0 aliphatic heterocycles. The lowest BCUT2D eigenvalue weighted by atomic mass is 10.3. The first-order valence-corrected chi connectivity index (χ1v) is 10.7. The van der Waals surface area contributed by atoms with Crippen LogP contribution >= 0.6 is 0 Å². The van der Waals surface area contributed by atoms with Gasteiger partial charge < -0.3 is 10.1 Å². The summed E-state index contributed by atoms with van der Waals surface area (Å²) in [5.41, 5.74) is 0.303. The lowest BCUT2D eigenvalue weighted by Gasteiger charge is -2.13. The zero-order valence-electron chi connectivity index (χ0n) is 14.3. The van der Waals surface area contributed by atoms with Crippen LogP contribution in [0, 0.1) is 0 Å². The molecule has 0 saturated carbocycles. The summed E-state index contributed by atoms with van der Waals surface area (Å²) in [6.07, 6.45) is 1.03. The standard InChI is InChI=1S/C16H18N2O6S2/c1-11(19)17-15-10-14(7-8-16(15)24-2)26(22,23)18-12-5-4-6-13(9-12)25(3,20)21/h4-10,18H,1-3H3,(H,17,19). The van der Waals surface area contributed by atoms with Gasteiger partial charge in [0.15, 0.2) is 9.84 Å². The van der Waals surface area contributed by atoms with Gasteiger partial charge in [-0.25, -0.2) is 16.8 Å². The van der Waals surface area contributed by atoms with Crippen LogP contribution in [-0.2, 0) is 24.7 Å². The predicted molar refractivity (Wildman–Crippen MR) is 97.7 cm³/mol. The van der Waals surface area contributed by atoms with Crippen molar-refractivity contribution in [1.82, 2.24) is 0 Å². The van der Waals surface area contributed by atoms with Crippen molar-refractivity contribution in [3.63, 3.8) is 0 Å². The Morgan fingerprint density at radius 3 is 2.27 bits per heavy atom. The number of carbonyl (C=O) groups is 1. The maximum atomic E-state index is 12.6. The lowest BCUT2D eigenvalue weighted by molar-refractivity contribution is -0.114. The third-order valence-electron chi connectivity index (χ3n) is 3.31. The summed E-state index contributed by atoms with van der Waals surface area (Å²) in [6, 6.07) is 9.44. The molecule has 2 N–H and O–H groups in total. The Kier molecular flexibility index (Phi) is 5.57. The van der Waals surface area contributed by atoms with Gasteiger partial charge >= 0.3 is 0 Å². The molecule has 0 unspecified atom stereocenters. The SMILES string of the molecule is COc1ccc(S(=O)(=O)Nc2cccc(S(C)(=O)=O)c2)cc1NC(C)=O. The zero-order valence-corrected chi connectivity index (χ0v) is 15.9. The van der Waals surface area contributed by atoms with Gasteiger partial charge in [0.25, 0.3) is 10.0 Å². The summed E-state index contributed by atoms with van der Waals surface area (Å²) < 4.78 is 55.8. The van der Waals surface area contributed by atoms with Crippen LogP contribution in [0.2, 0.25) is 0 Å². The van der Waals surface area contributed by atoms with Crippen molar-refractivity contribution >= 4 is 37.1 Å². The number of hydrogen-bond acceptors (Lipinski definition) is 6. The number of hydrogen-bond donors (Lipinski definition) is 2. The maximum absolute atomic E-state index is 12.6. The van der Waals surface area contributed by atoms with E-state index in [9.17, 15) is 21.6 Å². The number of carbonyl (C=O) groups excluding carboxylic acids is 1. The Labute approximate surface area is 152 Å². The summed E-state index contributed by atoms with van der Waals surface area (Å²) in [6.45, 7) is 1.29. The molecule has 140 valence electrons. The van der Waals surface area contributed by atoms with E-state index in [1.54, 1.807) is 0 Å². The fourth-order valence-electron chi connectivity index (χ4n) is 2.15. The zero-order chi connectivity index (χ0) is 19.5. The summed E-state index contributed by atoms with van der Waals surface area (Å²) >= 11 is 0.